The van der Waals surface area contributed by atoms with Crippen molar-refractivity contribution in [2.24, 2.45) is 16.8 Å². The van der Waals surface area contributed by atoms with Crippen LogP contribution in [-0.2, 0) is 10.0 Å². The number of hydrogen-bond acceptors (Lipinski definition) is 3. The Hall–Kier alpha value is -0.820. The van der Waals surface area contributed by atoms with Crippen molar-refractivity contribution in [1.82, 2.24) is 15.4 Å². The van der Waals surface area contributed by atoms with Gasteiger partial charge in [-0.15, -0.1) is 0 Å². The first-order valence-electron chi connectivity index (χ1n) is 8.85. The van der Waals surface area contributed by atoms with E-state index in [4.69, 9.17) is 0 Å². The van der Waals surface area contributed by atoms with Crippen molar-refractivity contribution in [3.63, 3.8) is 0 Å². The highest BCUT2D eigenvalue weighted by Gasteiger charge is 2.19. The summed E-state index contributed by atoms with van der Waals surface area (Å²) in [6, 6.07) is 0. The van der Waals surface area contributed by atoms with E-state index in [1.165, 1.54) is 19.3 Å². The van der Waals surface area contributed by atoms with Gasteiger partial charge in [-0.2, -0.15) is 0 Å². The molecule has 1 fully saturated rings. The highest BCUT2D eigenvalue weighted by atomic mass is 32.2. The molecule has 1 aliphatic rings. The second kappa shape index (κ2) is 10.9. The van der Waals surface area contributed by atoms with Crippen LogP contribution in [0.5, 0.6) is 0 Å². The van der Waals surface area contributed by atoms with E-state index in [9.17, 15) is 8.42 Å². The second-order valence-corrected chi connectivity index (χ2v) is 8.71. The van der Waals surface area contributed by atoms with Crippen LogP contribution >= 0.6 is 0 Å². The Bertz CT molecular complexity index is 445. The lowest BCUT2D eigenvalue weighted by Crippen LogP contribution is -2.42. The zero-order valence-electron chi connectivity index (χ0n) is 14.9. The second-order valence-electron chi connectivity index (χ2n) is 6.78. The third-order valence-electron chi connectivity index (χ3n) is 4.20. The summed E-state index contributed by atoms with van der Waals surface area (Å²) in [5, 5.41) is 6.28. The SMILES string of the molecule is CN=C(NCCCCC(C)C)NCCS(=O)(=O)NCC1CCC1. The molecule has 0 radical (unpaired) electrons. The Labute approximate surface area is 142 Å². The summed E-state index contributed by atoms with van der Waals surface area (Å²) in [6.45, 7) is 6.27. The van der Waals surface area contributed by atoms with Gasteiger partial charge in [-0.05, 0) is 31.1 Å². The van der Waals surface area contributed by atoms with Gasteiger partial charge in [0, 0.05) is 26.7 Å². The lowest BCUT2D eigenvalue weighted by molar-refractivity contribution is 0.316. The van der Waals surface area contributed by atoms with E-state index in [1.807, 2.05) is 0 Å². The highest BCUT2D eigenvalue weighted by Crippen LogP contribution is 2.25. The summed E-state index contributed by atoms with van der Waals surface area (Å²) >= 11 is 0. The molecule has 0 aliphatic heterocycles. The maximum absolute atomic E-state index is 11.9. The molecule has 0 aromatic carbocycles. The largest absolute Gasteiger partial charge is 0.356 e. The molecular formula is C16H34N4O2S. The van der Waals surface area contributed by atoms with Gasteiger partial charge < -0.3 is 10.6 Å². The fourth-order valence-electron chi connectivity index (χ4n) is 2.42. The van der Waals surface area contributed by atoms with E-state index >= 15 is 0 Å². The van der Waals surface area contributed by atoms with Gasteiger partial charge in [0.2, 0.25) is 10.0 Å². The first-order valence-corrected chi connectivity index (χ1v) is 10.5. The minimum Gasteiger partial charge on any atom is -0.356 e. The van der Waals surface area contributed by atoms with Gasteiger partial charge in [0.05, 0.1) is 5.75 Å². The van der Waals surface area contributed by atoms with Crippen molar-refractivity contribution in [2.75, 3.05) is 32.4 Å². The lowest BCUT2D eigenvalue weighted by atomic mass is 9.86. The van der Waals surface area contributed by atoms with Gasteiger partial charge in [0.25, 0.3) is 0 Å². The molecule has 0 aromatic rings. The number of unbranched alkanes of at least 4 members (excludes halogenated alkanes) is 1. The zero-order valence-corrected chi connectivity index (χ0v) is 15.7. The number of sulfonamides is 1. The van der Waals surface area contributed by atoms with E-state index < -0.39 is 10.0 Å². The van der Waals surface area contributed by atoms with Crippen LogP contribution in [0.1, 0.15) is 52.4 Å². The molecule has 0 unspecified atom stereocenters. The summed E-state index contributed by atoms with van der Waals surface area (Å²) in [7, 11) is -1.49. The monoisotopic (exact) mass is 346 g/mol. The summed E-state index contributed by atoms with van der Waals surface area (Å²) in [5.41, 5.74) is 0. The van der Waals surface area contributed by atoms with Crippen LogP contribution in [0.25, 0.3) is 0 Å². The lowest BCUT2D eigenvalue weighted by Gasteiger charge is -2.25. The molecule has 0 heterocycles. The van der Waals surface area contributed by atoms with Crippen molar-refractivity contribution in [2.45, 2.75) is 52.4 Å². The third-order valence-corrected chi connectivity index (χ3v) is 5.55. The van der Waals surface area contributed by atoms with E-state index in [0.29, 0.717) is 25.0 Å². The number of aliphatic imine (C=N–C) groups is 1. The molecule has 3 N–H and O–H groups in total. The van der Waals surface area contributed by atoms with Crippen LogP contribution in [0, 0.1) is 11.8 Å². The fourth-order valence-corrected chi connectivity index (χ4v) is 3.43. The molecule has 7 heteroatoms. The van der Waals surface area contributed by atoms with Gasteiger partial charge in [-0.1, -0.05) is 33.1 Å². The molecule has 1 saturated carbocycles. The number of nitrogens with one attached hydrogen (secondary N) is 3. The van der Waals surface area contributed by atoms with Crippen LogP contribution in [0.3, 0.4) is 0 Å². The van der Waals surface area contributed by atoms with Gasteiger partial charge >= 0.3 is 0 Å². The van der Waals surface area contributed by atoms with Crippen LogP contribution < -0.4 is 15.4 Å². The van der Waals surface area contributed by atoms with E-state index in [-0.39, 0.29) is 5.75 Å². The fraction of sp³-hybridized carbons (Fsp3) is 0.938. The Balaban J connectivity index is 2.10. The summed E-state index contributed by atoms with van der Waals surface area (Å²) in [4.78, 5) is 4.12. The van der Waals surface area contributed by atoms with Gasteiger partial charge in [-0.3, -0.25) is 4.99 Å². The summed E-state index contributed by atoms with van der Waals surface area (Å²) in [6.07, 6.45) is 7.05. The minimum absolute atomic E-state index is 0.0772. The number of nitrogens with zero attached hydrogens (tertiary/aromatic N) is 1. The summed E-state index contributed by atoms with van der Waals surface area (Å²) < 4.78 is 26.5. The van der Waals surface area contributed by atoms with E-state index in [2.05, 4.69) is 34.2 Å². The van der Waals surface area contributed by atoms with Crippen LogP contribution in [-0.4, -0.2) is 46.8 Å². The molecule has 0 saturated heterocycles. The Morgan fingerprint density at radius 1 is 1.17 bits per heavy atom. The summed E-state index contributed by atoms with van der Waals surface area (Å²) in [5.74, 6) is 2.03. The van der Waals surface area contributed by atoms with Gasteiger partial charge in [0.15, 0.2) is 5.96 Å². The molecule has 0 atom stereocenters. The minimum atomic E-state index is -3.19. The quantitative estimate of drug-likeness (QED) is 0.302. The number of rotatable bonds is 11. The molecule has 1 aliphatic carbocycles. The standard InChI is InChI=1S/C16H34N4O2S/c1-14(2)7-4-5-10-18-16(17-3)19-11-12-23(21,22)20-13-15-8-6-9-15/h14-15,20H,4-13H2,1-3H3,(H2,17,18,19). The first kappa shape index (κ1) is 20.2. The average Bonchev–Trinajstić information content (AvgIpc) is 2.42. The predicted molar refractivity (Wildman–Crippen MR) is 97.2 cm³/mol. The topological polar surface area (TPSA) is 82.6 Å². The van der Waals surface area contributed by atoms with Crippen LogP contribution in [0.2, 0.25) is 0 Å². The molecule has 1 rings (SSSR count). The Kier molecular flexibility index (Phi) is 9.55. The average molecular weight is 347 g/mol. The smallest absolute Gasteiger partial charge is 0.213 e. The Morgan fingerprint density at radius 3 is 2.43 bits per heavy atom. The predicted octanol–water partition coefficient (Wildman–Crippen LogP) is 1.70. The first-order chi connectivity index (χ1) is 10.9. The molecular weight excluding hydrogens is 312 g/mol. The van der Waals surface area contributed by atoms with Crippen LogP contribution in [0.4, 0.5) is 0 Å². The highest BCUT2D eigenvalue weighted by molar-refractivity contribution is 7.89. The van der Waals surface area contributed by atoms with Gasteiger partial charge in [0.1, 0.15) is 0 Å². The molecule has 23 heavy (non-hydrogen) atoms. The molecule has 0 aromatic heterocycles. The van der Waals surface area contributed by atoms with Crippen molar-refractivity contribution in [1.29, 1.82) is 0 Å². The molecule has 0 bridgehead atoms. The Morgan fingerprint density at radius 2 is 1.87 bits per heavy atom. The van der Waals surface area contributed by atoms with Gasteiger partial charge in [-0.25, -0.2) is 13.1 Å². The van der Waals surface area contributed by atoms with Crippen molar-refractivity contribution >= 4 is 16.0 Å². The van der Waals surface area contributed by atoms with Crippen LogP contribution in [0.15, 0.2) is 4.99 Å². The van der Waals surface area contributed by atoms with Crippen molar-refractivity contribution < 1.29 is 8.42 Å². The maximum atomic E-state index is 11.9. The van der Waals surface area contributed by atoms with E-state index in [1.54, 1.807) is 7.05 Å². The number of hydrogen-bond donors (Lipinski definition) is 3. The molecule has 136 valence electrons. The normalized spacial score (nSPS) is 16.4. The maximum Gasteiger partial charge on any atom is 0.213 e. The van der Waals surface area contributed by atoms with Crippen molar-refractivity contribution in [3.8, 4) is 0 Å². The third kappa shape index (κ3) is 9.81. The molecule has 0 spiro atoms. The van der Waals surface area contributed by atoms with E-state index in [0.717, 1.165) is 31.7 Å². The van der Waals surface area contributed by atoms with Crippen molar-refractivity contribution in [3.05, 3.63) is 0 Å². The molecule has 0 amide bonds. The molecule has 6 nitrogen and oxygen atoms in total. The zero-order chi connectivity index (χ0) is 17.1. The number of guanidine groups is 1.